The van der Waals surface area contributed by atoms with E-state index in [0.29, 0.717) is 42.1 Å². The molecule has 1 N–H and O–H groups in total. The van der Waals surface area contributed by atoms with Gasteiger partial charge >= 0.3 is 0 Å². The topological polar surface area (TPSA) is 91.7 Å². The summed E-state index contributed by atoms with van der Waals surface area (Å²) in [4.78, 5) is 27.3. The lowest BCUT2D eigenvalue weighted by Crippen LogP contribution is -2.61. The van der Waals surface area contributed by atoms with Gasteiger partial charge in [-0.25, -0.2) is 0 Å². The lowest BCUT2D eigenvalue weighted by Gasteiger charge is -2.45. The number of nitriles is 1. The summed E-state index contributed by atoms with van der Waals surface area (Å²) in [5.74, 6) is -0.563. The number of carbonyl (C=O) groups excluding carboxylic acids is 2. The molecule has 4 aliphatic rings. The summed E-state index contributed by atoms with van der Waals surface area (Å²) in [6.07, 6.45) is 1.18. The average Bonchev–Trinajstić information content (AvgIpc) is 3.25. The largest absolute Gasteiger partial charge is 0.365 e. The van der Waals surface area contributed by atoms with Crippen molar-refractivity contribution >= 4 is 29.1 Å². The first-order valence-electron chi connectivity index (χ1n) is 9.98. The van der Waals surface area contributed by atoms with E-state index in [1.165, 1.54) is 0 Å². The van der Waals surface area contributed by atoms with Crippen molar-refractivity contribution in [3.63, 3.8) is 0 Å². The van der Waals surface area contributed by atoms with Crippen LogP contribution >= 0.6 is 11.6 Å². The highest BCUT2D eigenvalue weighted by atomic mass is 35.5. The van der Waals surface area contributed by atoms with Crippen molar-refractivity contribution in [1.29, 1.82) is 5.26 Å². The number of hydrogen-bond donors (Lipinski definition) is 1. The van der Waals surface area contributed by atoms with Crippen molar-refractivity contribution in [2.75, 3.05) is 11.5 Å². The molecule has 2 amide bonds. The normalized spacial score (nSPS) is 39.4. The number of ether oxygens (including phenoxy) is 2. The van der Waals surface area contributed by atoms with E-state index in [4.69, 9.17) is 26.3 Å². The highest BCUT2D eigenvalue weighted by Gasteiger charge is 2.78. The molecule has 1 aromatic rings. The third-order valence-corrected chi connectivity index (χ3v) is 7.37. The van der Waals surface area contributed by atoms with E-state index in [1.807, 2.05) is 19.9 Å². The van der Waals surface area contributed by atoms with Crippen LogP contribution in [0.15, 0.2) is 18.2 Å². The van der Waals surface area contributed by atoms with Crippen LogP contribution in [-0.4, -0.2) is 41.9 Å². The van der Waals surface area contributed by atoms with Crippen molar-refractivity contribution in [1.82, 2.24) is 5.32 Å². The zero-order chi connectivity index (χ0) is 20.6. The van der Waals surface area contributed by atoms with Gasteiger partial charge in [0.1, 0.15) is 12.3 Å². The van der Waals surface area contributed by atoms with Crippen molar-refractivity contribution in [3.8, 4) is 6.07 Å². The monoisotopic (exact) mass is 415 g/mol. The Morgan fingerprint density at radius 2 is 2.28 bits per heavy atom. The van der Waals surface area contributed by atoms with Crippen molar-refractivity contribution in [2.24, 2.45) is 11.8 Å². The molecule has 152 valence electrons. The van der Waals surface area contributed by atoms with Crippen LogP contribution in [0.1, 0.15) is 38.7 Å². The average molecular weight is 416 g/mol. The van der Waals surface area contributed by atoms with Gasteiger partial charge in [0, 0.05) is 18.5 Å². The van der Waals surface area contributed by atoms with E-state index in [2.05, 4.69) is 5.32 Å². The maximum absolute atomic E-state index is 13.5. The zero-order valence-electron chi connectivity index (χ0n) is 16.3. The minimum absolute atomic E-state index is 0.0104. The maximum atomic E-state index is 13.5. The summed E-state index contributed by atoms with van der Waals surface area (Å²) in [6, 6.07) is 6.90. The highest BCUT2D eigenvalue weighted by molar-refractivity contribution is 6.32. The number of nitrogens with one attached hydrogen (secondary N) is 1. The van der Waals surface area contributed by atoms with E-state index in [0.717, 1.165) is 0 Å². The molecule has 0 unspecified atom stereocenters. The van der Waals surface area contributed by atoms with Crippen LogP contribution in [0.2, 0.25) is 5.02 Å². The second kappa shape index (κ2) is 6.18. The second-order valence-electron chi connectivity index (χ2n) is 8.55. The van der Waals surface area contributed by atoms with Gasteiger partial charge in [0.15, 0.2) is 0 Å². The number of hydrogen-bond acceptors (Lipinski definition) is 5. The van der Waals surface area contributed by atoms with Crippen molar-refractivity contribution in [3.05, 3.63) is 28.8 Å². The molecule has 4 saturated heterocycles. The summed E-state index contributed by atoms with van der Waals surface area (Å²) >= 11 is 6.23. The molecule has 0 aromatic heterocycles. The zero-order valence-corrected chi connectivity index (χ0v) is 17.0. The number of nitrogens with zero attached hydrogens (tertiary/aromatic N) is 2. The predicted molar refractivity (Wildman–Crippen MR) is 104 cm³/mol. The van der Waals surface area contributed by atoms with E-state index in [-0.39, 0.29) is 29.7 Å². The minimum atomic E-state index is -0.648. The van der Waals surface area contributed by atoms with Gasteiger partial charge in [-0.1, -0.05) is 18.5 Å². The molecule has 4 fully saturated rings. The number of halogens is 1. The molecule has 7 nitrogen and oxygen atoms in total. The lowest BCUT2D eigenvalue weighted by molar-refractivity contribution is -0.147. The number of rotatable bonds is 3. The quantitative estimate of drug-likeness (QED) is 0.818. The van der Waals surface area contributed by atoms with Gasteiger partial charge < -0.3 is 14.8 Å². The minimum Gasteiger partial charge on any atom is -0.365 e. The molecule has 29 heavy (non-hydrogen) atoms. The van der Waals surface area contributed by atoms with Crippen molar-refractivity contribution < 1.29 is 19.1 Å². The summed E-state index contributed by atoms with van der Waals surface area (Å²) in [7, 11) is 0. The fourth-order valence-electron chi connectivity index (χ4n) is 5.93. The molecular formula is C21H22ClN3O4. The van der Waals surface area contributed by atoms with Gasteiger partial charge in [-0.2, -0.15) is 5.26 Å². The molecule has 1 spiro atoms. The van der Waals surface area contributed by atoms with Crippen LogP contribution in [0.25, 0.3) is 0 Å². The van der Waals surface area contributed by atoms with Crippen LogP contribution in [-0.2, 0) is 19.1 Å². The SMILES string of the molecule is CCC(=O)N[C@H]1C[C@@]2(C)O[C@@]13CCO[C@H]1[C@@H]3[C@@H]2C(=O)N1c1ccc(C#N)c(Cl)c1. The molecule has 8 heteroatoms. The molecule has 0 radical (unpaired) electrons. The second-order valence-corrected chi connectivity index (χ2v) is 8.95. The van der Waals surface area contributed by atoms with E-state index in [1.54, 1.807) is 23.1 Å². The summed E-state index contributed by atoms with van der Waals surface area (Å²) < 4.78 is 12.6. The van der Waals surface area contributed by atoms with Gasteiger partial charge in [-0.3, -0.25) is 14.5 Å². The Hall–Kier alpha value is -2.14. The molecule has 4 aliphatic heterocycles. The molecule has 2 bridgehead atoms. The summed E-state index contributed by atoms with van der Waals surface area (Å²) in [5, 5.41) is 12.6. The molecule has 4 heterocycles. The Balaban J connectivity index is 1.56. The van der Waals surface area contributed by atoms with Gasteiger partial charge in [-0.15, -0.1) is 0 Å². The van der Waals surface area contributed by atoms with Crippen LogP contribution in [0, 0.1) is 23.2 Å². The first-order valence-corrected chi connectivity index (χ1v) is 10.4. The maximum Gasteiger partial charge on any atom is 0.235 e. The van der Waals surface area contributed by atoms with Gasteiger partial charge in [-0.05, 0) is 31.5 Å². The molecule has 5 rings (SSSR count). The molecule has 6 atom stereocenters. The number of carbonyl (C=O) groups is 2. The fraction of sp³-hybridized carbons (Fsp3) is 0.571. The third kappa shape index (κ3) is 2.37. The Morgan fingerprint density at radius 3 is 2.97 bits per heavy atom. The van der Waals surface area contributed by atoms with Crippen LogP contribution in [0.5, 0.6) is 0 Å². The molecule has 1 aromatic carbocycles. The number of fused-ring (bicyclic) bond motifs is 2. The third-order valence-electron chi connectivity index (χ3n) is 7.06. The van der Waals surface area contributed by atoms with Gasteiger partial charge in [0.2, 0.25) is 11.8 Å². The Morgan fingerprint density at radius 1 is 1.48 bits per heavy atom. The Kier molecular flexibility index (Phi) is 4.02. The summed E-state index contributed by atoms with van der Waals surface area (Å²) in [6.45, 7) is 4.24. The van der Waals surface area contributed by atoms with Gasteiger partial charge in [0.25, 0.3) is 0 Å². The lowest BCUT2D eigenvalue weighted by atomic mass is 9.64. The molecular weight excluding hydrogens is 394 g/mol. The van der Waals surface area contributed by atoms with E-state index < -0.39 is 17.4 Å². The number of benzene rings is 1. The highest BCUT2D eigenvalue weighted by Crippen LogP contribution is 2.65. The standard InChI is InChI=1S/C21H22ClN3O4/c1-3-15(26)24-14-9-20(2)16-17-19(28-7-6-21(14,17)29-20)25(18(16)27)12-5-4-11(10-23)13(22)8-12/h4-5,8,14,16-17,19H,3,6-7,9H2,1-2H3,(H,24,26)/t14-,16+,17-,19-,20+,21-/m0/s1. The fourth-order valence-corrected chi connectivity index (χ4v) is 6.15. The number of anilines is 1. The summed E-state index contributed by atoms with van der Waals surface area (Å²) in [5.41, 5.74) is -0.271. The first kappa shape index (κ1) is 18.9. The Labute approximate surface area is 173 Å². The van der Waals surface area contributed by atoms with E-state index in [9.17, 15) is 9.59 Å². The first-order chi connectivity index (χ1) is 13.8. The van der Waals surface area contributed by atoms with Crippen molar-refractivity contribution in [2.45, 2.75) is 56.6 Å². The van der Waals surface area contributed by atoms with Gasteiger partial charge in [0.05, 0.1) is 46.3 Å². The Bertz CT molecular complexity index is 962. The van der Waals surface area contributed by atoms with Crippen LogP contribution in [0.3, 0.4) is 0 Å². The van der Waals surface area contributed by atoms with Crippen LogP contribution < -0.4 is 10.2 Å². The molecule has 0 saturated carbocycles. The number of amides is 2. The molecule has 0 aliphatic carbocycles. The predicted octanol–water partition coefficient (Wildman–Crippen LogP) is 2.36. The van der Waals surface area contributed by atoms with E-state index >= 15 is 0 Å². The smallest absolute Gasteiger partial charge is 0.235 e. The van der Waals surface area contributed by atoms with Crippen LogP contribution in [0.4, 0.5) is 5.69 Å².